The number of hydrogen-bond acceptors (Lipinski definition) is 3. The third-order valence-electron chi connectivity index (χ3n) is 5.64. The Morgan fingerprint density at radius 3 is 2.16 bits per heavy atom. The Labute approximate surface area is 186 Å². The van der Waals surface area contributed by atoms with Crippen molar-refractivity contribution in [2.45, 2.75) is 63.3 Å². The number of likely N-dealkylation sites (tertiary alicyclic amines) is 1. The van der Waals surface area contributed by atoms with E-state index in [9.17, 15) is 13.2 Å². The van der Waals surface area contributed by atoms with Gasteiger partial charge >= 0.3 is 0 Å². The maximum absolute atomic E-state index is 12.6. The number of aryl methyl sites for hydroxylation is 1. The Kier molecular flexibility index (Phi) is 7.55. The summed E-state index contributed by atoms with van der Waals surface area (Å²) in [6.45, 7) is 7.09. The lowest BCUT2D eigenvalue weighted by Crippen LogP contribution is -2.40. The standard InChI is InChI=1S/C25H34N2O3S/c1-25(2,3)26-31(29,30)23-12-9-20(10-13-23)11-14-24(28)27-17-15-22(16-18-27)19-21-7-5-4-6-8-21/h4-10,12-13,22,26H,11,14-19H2,1-3H3. The fourth-order valence-electron chi connectivity index (χ4n) is 4.04. The first-order chi connectivity index (χ1) is 14.6. The molecule has 0 spiro atoms. The molecule has 1 fully saturated rings. The first-order valence-corrected chi connectivity index (χ1v) is 12.6. The summed E-state index contributed by atoms with van der Waals surface area (Å²) in [7, 11) is -3.54. The van der Waals surface area contributed by atoms with E-state index in [0.29, 0.717) is 18.8 Å². The molecule has 2 aromatic carbocycles. The predicted molar refractivity (Wildman–Crippen MR) is 124 cm³/mol. The van der Waals surface area contributed by atoms with Gasteiger partial charge in [-0.25, -0.2) is 13.1 Å². The van der Waals surface area contributed by atoms with E-state index in [-0.39, 0.29) is 10.8 Å². The molecular weight excluding hydrogens is 408 g/mol. The zero-order chi connectivity index (χ0) is 22.5. The zero-order valence-corrected chi connectivity index (χ0v) is 19.6. The Morgan fingerprint density at radius 1 is 0.968 bits per heavy atom. The van der Waals surface area contributed by atoms with Crippen LogP contribution in [0, 0.1) is 5.92 Å². The topological polar surface area (TPSA) is 66.5 Å². The number of hydrogen-bond donors (Lipinski definition) is 1. The van der Waals surface area contributed by atoms with Crippen LogP contribution in [0.1, 0.15) is 51.2 Å². The highest BCUT2D eigenvalue weighted by Gasteiger charge is 2.23. The second-order valence-electron chi connectivity index (χ2n) is 9.51. The number of sulfonamides is 1. The van der Waals surface area contributed by atoms with Crippen LogP contribution < -0.4 is 4.72 Å². The third kappa shape index (κ3) is 7.18. The van der Waals surface area contributed by atoms with E-state index in [4.69, 9.17) is 0 Å². The number of carbonyl (C=O) groups is 1. The van der Waals surface area contributed by atoms with Crippen LogP contribution >= 0.6 is 0 Å². The van der Waals surface area contributed by atoms with Gasteiger partial charge in [-0.15, -0.1) is 0 Å². The van der Waals surface area contributed by atoms with Gasteiger partial charge in [0.1, 0.15) is 0 Å². The van der Waals surface area contributed by atoms with Gasteiger partial charge in [0.15, 0.2) is 0 Å². The highest BCUT2D eigenvalue weighted by molar-refractivity contribution is 7.89. The van der Waals surface area contributed by atoms with E-state index >= 15 is 0 Å². The van der Waals surface area contributed by atoms with E-state index in [1.165, 1.54) is 5.56 Å². The maximum atomic E-state index is 12.6. The Morgan fingerprint density at radius 2 is 1.58 bits per heavy atom. The maximum Gasteiger partial charge on any atom is 0.241 e. The van der Waals surface area contributed by atoms with Crippen LogP contribution in [-0.4, -0.2) is 37.9 Å². The van der Waals surface area contributed by atoms with E-state index in [2.05, 4.69) is 29.0 Å². The van der Waals surface area contributed by atoms with Crippen molar-refractivity contribution in [1.82, 2.24) is 9.62 Å². The first kappa shape index (κ1) is 23.5. The SMILES string of the molecule is CC(C)(C)NS(=O)(=O)c1ccc(CCC(=O)N2CCC(Cc3ccccc3)CC2)cc1. The lowest BCUT2D eigenvalue weighted by molar-refractivity contribution is -0.132. The summed E-state index contributed by atoms with van der Waals surface area (Å²) in [5.74, 6) is 0.826. The Bertz CT molecular complexity index is 956. The van der Waals surface area contributed by atoms with Gasteiger partial charge in [-0.3, -0.25) is 4.79 Å². The molecule has 168 valence electrons. The molecule has 2 aromatic rings. The van der Waals surface area contributed by atoms with Gasteiger partial charge in [-0.1, -0.05) is 42.5 Å². The zero-order valence-electron chi connectivity index (χ0n) is 18.8. The Balaban J connectivity index is 1.46. The molecule has 1 saturated heterocycles. The van der Waals surface area contributed by atoms with Crippen LogP contribution in [0.2, 0.25) is 0 Å². The quantitative estimate of drug-likeness (QED) is 0.700. The summed E-state index contributed by atoms with van der Waals surface area (Å²) in [5, 5.41) is 0. The van der Waals surface area contributed by atoms with E-state index < -0.39 is 15.6 Å². The van der Waals surface area contributed by atoms with Crippen LogP contribution in [-0.2, 0) is 27.7 Å². The second kappa shape index (κ2) is 9.96. The number of carbonyl (C=O) groups excluding carboxylic acids is 1. The lowest BCUT2D eigenvalue weighted by atomic mass is 9.90. The Hall–Kier alpha value is -2.18. The molecule has 1 aliphatic rings. The summed E-state index contributed by atoms with van der Waals surface area (Å²) in [5.41, 5.74) is 1.82. The number of nitrogens with one attached hydrogen (secondary N) is 1. The molecule has 0 unspecified atom stereocenters. The third-order valence-corrected chi connectivity index (χ3v) is 7.41. The van der Waals surface area contributed by atoms with Crippen LogP contribution in [0.25, 0.3) is 0 Å². The van der Waals surface area contributed by atoms with Gasteiger partial charge in [0, 0.05) is 25.0 Å². The number of benzene rings is 2. The van der Waals surface area contributed by atoms with Gasteiger partial charge in [-0.05, 0) is 75.6 Å². The number of rotatable bonds is 7. The minimum Gasteiger partial charge on any atom is -0.343 e. The van der Waals surface area contributed by atoms with Gasteiger partial charge in [0.2, 0.25) is 15.9 Å². The predicted octanol–water partition coefficient (Wildman–Crippen LogP) is 4.18. The first-order valence-electron chi connectivity index (χ1n) is 11.1. The molecule has 0 aliphatic carbocycles. The lowest BCUT2D eigenvalue weighted by Gasteiger charge is -2.32. The molecule has 0 radical (unpaired) electrons. The molecule has 0 saturated carbocycles. The molecule has 0 bridgehead atoms. The number of nitrogens with zero attached hydrogens (tertiary/aromatic N) is 1. The highest BCUT2D eigenvalue weighted by atomic mass is 32.2. The summed E-state index contributed by atoms with van der Waals surface area (Å²) in [4.78, 5) is 14.9. The summed E-state index contributed by atoms with van der Waals surface area (Å²) >= 11 is 0. The number of amides is 1. The van der Waals surface area contributed by atoms with Crippen molar-refractivity contribution >= 4 is 15.9 Å². The van der Waals surface area contributed by atoms with Gasteiger partial charge in [-0.2, -0.15) is 0 Å². The minimum atomic E-state index is -3.54. The largest absolute Gasteiger partial charge is 0.343 e. The molecular formula is C25H34N2O3S. The summed E-state index contributed by atoms with van der Waals surface area (Å²) in [6, 6.07) is 17.4. The van der Waals surface area contributed by atoms with Crippen LogP contribution in [0.3, 0.4) is 0 Å². The molecule has 0 aromatic heterocycles. The van der Waals surface area contributed by atoms with E-state index in [1.54, 1.807) is 24.3 Å². The van der Waals surface area contributed by atoms with Crippen molar-refractivity contribution in [1.29, 1.82) is 0 Å². The minimum absolute atomic E-state index is 0.184. The normalized spacial score (nSPS) is 15.8. The fourth-order valence-corrected chi connectivity index (χ4v) is 5.46. The van der Waals surface area contributed by atoms with Crippen molar-refractivity contribution in [2.24, 2.45) is 5.92 Å². The van der Waals surface area contributed by atoms with Crippen molar-refractivity contribution in [3.05, 3.63) is 65.7 Å². The molecule has 3 rings (SSSR count). The van der Waals surface area contributed by atoms with Gasteiger partial charge in [0.05, 0.1) is 4.90 Å². The molecule has 1 heterocycles. The molecule has 1 N–H and O–H groups in total. The average Bonchev–Trinajstić information content (AvgIpc) is 2.72. The monoisotopic (exact) mass is 442 g/mol. The summed E-state index contributed by atoms with van der Waals surface area (Å²) in [6.07, 6.45) is 4.26. The van der Waals surface area contributed by atoms with Crippen LogP contribution in [0.5, 0.6) is 0 Å². The number of piperidine rings is 1. The van der Waals surface area contributed by atoms with Crippen molar-refractivity contribution in [3.63, 3.8) is 0 Å². The molecule has 1 amide bonds. The molecule has 5 nitrogen and oxygen atoms in total. The summed E-state index contributed by atoms with van der Waals surface area (Å²) < 4.78 is 27.5. The van der Waals surface area contributed by atoms with Crippen molar-refractivity contribution in [2.75, 3.05) is 13.1 Å². The molecule has 0 atom stereocenters. The van der Waals surface area contributed by atoms with Crippen molar-refractivity contribution in [3.8, 4) is 0 Å². The second-order valence-corrected chi connectivity index (χ2v) is 11.2. The molecule has 1 aliphatic heterocycles. The van der Waals surface area contributed by atoms with Crippen molar-refractivity contribution < 1.29 is 13.2 Å². The average molecular weight is 443 g/mol. The fraction of sp³-hybridized carbons (Fsp3) is 0.480. The molecule has 6 heteroatoms. The smallest absolute Gasteiger partial charge is 0.241 e. The highest BCUT2D eigenvalue weighted by Crippen LogP contribution is 2.22. The van der Waals surface area contributed by atoms with Gasteiger partial charge < -0.3 is 4.90 Å². The van der Waals surface area contributed by atoms with Crippen LogP contribution in [0.15, 0.2) is 59.5 Å². The van der Waals surface area contributed by atoms with E-state index in [1.807, 2.05) is 31.7 Å². The van der Waals surface area contributed by atoms with Gasteiger partial charge in [0.25, 0.3) is 0 Å². The van der Waals surface area contributed by atoms with E-state index in [0.717, 1.165) is 37.9 Å². The molecule has 31 heavy (non-hydrogen) atoms. The van der Waals surface area contributed by atoms with Crippen LogP contribution in [0.4, 0.5) is 0 Å².